The first-order valence-electron chi connectivity index (χ1n) is 10.7. The molecule has 0 atom stereocenters. The molecule has 0 aliphatic rings. The van der Waals surface area contributed by atoms with Gasteiger partial charge in [-0.25, -0.2) is 9.59 Å². The number of para-hydroxylation sites is 2. The fourth-order valence-corrected chi connectivity index (χ4v) is 4.24. The minimum atomic E-state index is -1.23. The summed E-state index contributed by atoms with van der Waals surface area (Å²) >= 11 is 0. The lowest BCUT2D eigenvalue weighted by Crippen LogP contribution is -2.21. The molecule has 0 aliphatic heterocycles. The van der Waals surface area contributed by atoms with Gasteiger partial charge in [-0.3, -0.25) is 4.79 Å². The zero-order valence-electron chi connectivity index (χ0n) is 18.4. The molecule has 0 spiro atoms. The third-order valence-corrected chi connectivity index (χ3v) is 5.78. The van der Waals surface area contributed by atoms with E-state index in [0.717, 1.165) is 0 Å². The van der Waals surface area contributed by atoms with Crippen LogP contribution in [0.4, 0.5) is 5.69 Å². The number of aromatic hydroxyl groups is 2. The summed E-state index contributed by atoms with van der Waals surface area (Å²) in [5.74, 6) is -2.25. The molecule has 3 N–H and O–H groups in total. The number of carbonyl (C=O) groups excluding carboxylic acids is 1. The Balaban J connectivity index is 1.84. The number of benzene rings is 3. The third kappa shape index (κ3) is 3.80. The molecule has 5 rings (SSSR count). The molecule has 2 aromatic heterocycles. The Morgan fingerprint density at radius 3 is 1.66 bits per heavy atom. The van der Waals surface area contributed by atoms with Gasteiger partial charge in [-0.15, -0.1) is 0 Å². The molecule has 0 aliphatic carbocycles. The lowest BCUT2D eigenvalue weighted by atomic mass is 9.84. The van der Waals surface area contributed by atoms with Crippen molar-refractivity contribution in [3.05, 3.63) is 110 Å². The van der Waals surface area contributed by atoms with E-state index in [1.54, 1.807) is 72.8 Å². The van der Waals surface area contributed by atoms with E-state index in [9.17, 15) is 24.6 Å². The van der Waals surface area contributed by atoms with E-state index in [1.807, 2.05) is 0 Å². The van der Waals surface area contributed by atoms with Crippen LogP contribution in [0.15, 0.2) is 91.2 Å². The maximum atomic E-state index is 13.1. The Morgan fingerprint density at radius 1 is 0.743 bits per heavy atom. The van der Waals surface area contributed by atoms with Crippen molar-refractivity contribution >= 4 is 33.5 Å². The molecule has 8 heteroatoms. The van der Waals surface area contributed by atoms with Crippen molar-refractivity contribution in [3.8, 4) is 11.5 Å². The topological polar surface area (TPSA) is 130 Å². The van der Waals surface area contributed by atoms with E-state index in [-0.39, 0.29) is 50.5 Å². The first-order chi connectivity index (χ1) is 16.8. The second-order valence-corrected chi connectivity index (χ2v) is 8.03. The van der Waals surface area contributed by atoms with Gasteiger partial charge < -0.3 is 24.4 Å². The van der Waals surface area contributed by atoms with Crippen molar-refractivity contribution in [1.29, 1.82) is 0 Å². The molecule has 5 aromatic rings. The largest absolute Gasteiger partial charge is 0.507 e. The molecule has 0 radical (unpaired) electrons. The predicted octanol–water partition coefficient (Wildman–Crippen LogP) is 4.45. The molecule has 35 heavy (non-hydrogen) atoms. The van der Waals surface area contributed by atoms with E-state index >= 15 is 0 Å². The van der Waals surface area contributed by atoms with Crippen molar-refractivity contribution in [1.82, 2.24) is 0 Å². The summed E-state index contributed by atoms with van der Waals surface area (Å²) in [7, 11) is 0. The maximum Gasteiger partial charge on any atom is 0.344 e. The molecule has 0 saturated carbocycles. The van der Waals surface area contributed by atoms with Crippen LogP contribution in [0.1, 0.15) is 29.5 Å². The minimum Gasteiger partial charge on any atom is -0.507 e. The number of carbonyl (C=O) groups is 1. The molecule has 0 fully saturated rings. The Morgan fingerprint density at radius 2 is 1.20 bits per heavy atom. The highest BCUT2D eigenvalue weighted by atomic mass is 16.4. The van der Waals surface area contributed by atoms with E-state index in [0.29, 0.717) is 11.3 Å². The summed E-state index contributed by atoms with van der Waals surface area (Å²) in [5.41, 5.74) is -0.975. The van der Waals surface area contributed by atoms with Crippen LogP contribution in [0.5, 0.6) is 11.5 Å². The van der Waals surface area contributed by atoms with Gasteiger partial charge in [0, 0.05) is 12.6 Å². The van der Waals surface area contributed by atoms with Gasteiger partial charge in [-0.05, 0) is 42.0 Å². The number of anilines is 1. The quantitative estimate of drug-likeness (QED) is 0.332. The highest BCUT2D eigenvalue weighted by molar-refractivity contribution is 5.89. The van der Waals surface area contributed by atoms with Gasteiger partial charge in [-0.1, -0.05) is 36.4 Å². The average molecular weight is 469 g/mol. The van der Waals surface area contributed by atoms with Gasteiger partial charge in [0.25, 0.3) is 0 Å². The molecule has 8 nitrogen and oxygen atoms in total. The van der Waals surface area contributed by atoms with Crippen LogP contribution in [-0.2, 0) is 4.79 Å². The molecular formula is C27H19NO7. The van der Waals surface area contributed by atoms with Crippen LogP contribution in [0, 0.1) is 0 Å². The number of nitrogens with one attached hydrogen (secondary N) is 1. The van der Waals surface area contributed by atoms with E-state index in [2.05, 4.69) is 5.32 Å². The van der Waals surface area contributed by atoms with Crippen LogP contribution in [0.2, 0.25) is 0 Å². The highest BCUT2D eigenvalue weighted by Crippen LogP contribution is 2.42. The predicted molar refractivity (Wildman–Crippen MR) is 130 cm³/mol. The van der Waals surface area contributed by atoms with Crippen molar-refractivity contribution < 1.29 is 23.8 Å². The molecule has 1 amide bonds. The Labute approximate surface area is 197 Å². The number of fused-ring (bicyclic) bond motifs is 2. The van der Waals surface area contributed by atoms with Crippen LogP contribution in [-0.4, -0.2) is 16.1 Å². The monoisotopic (exact) mass is 469 g/mol. The smallest absolute Gasteiger partial charge is 0.344 e. The third-order valence-electron chi connectivity index (χ3n) is 5.78. The summed E-state index contributed by atoms with van der Waals surface area (Å²) in [6.07, 6.45) is 0. The van der Waals surface area contributed by atoms with E-state index in [4.69, 9.17) is 8.83 Å². The zero-order valence-corrected chi connectivity index (χ0v) is 18.4. The number of hydrogen-bond donors (Lipinski definition) is 3. The molecule has 3 aromatic carbocycles. The Bertz CT molecular complexity index is 1620. The molecular weight excluding hydrogens is 450 g/mol. The number of amides is 1. The van der Waals surface area contributed by atoms with E-state index in [1.165, 1.54) is 6.92 Å². The fourth-order valence-electron chi connectivity index (χ4n) is 4.24. The Hall–Kier alpha value is -4.85. The summed E-state index contributed by atoms with van der Waals surface area (Å²) < 4.78 is 10.9. The fraction of sp³-hybridized carbons (Fsp3) is 0.0741. The lowest BCUT2D eigenvalue weighted by molar-refractivity contribution is -0.114. The first-order valence-corrected chi connectivity index (χ1v) is 10.7. The molecule has 0 saturated heterocycles. The van der Waals surface area contributed by atoms with Gasteiger partial charge in [0.05, 0.1) is 27.8 Å². The number of rotatable bonds is 4. The van der Waals surface area contributed by atoms with Gasteiger partial charge in [0.1, 0.15) is 22.7 Å². The van der Waals surface area contributed by atoms with Gasteiger partial charge >= 0.3 is 11.3 Å². The normalized spacial score (nSPS) is 11.3. The van der Waals surface area contributed by atoms with Crippen LogP contribution in [0.25, 0.3) is 21.9 Å². The molecule has 0 bridgehead atoms. The SMILES string of the molecule is CC(=O)Nc1ccc(C(c2c(O)c3ccccc3oc2=O)c2c(O)c3ccccc3oc2=O)cc1. The van der Waals surface area contributed by atoms with Crippen LogP contribution >= 0.6 is 0 Å². The average Bonchev–Trinajstić information content (AvgIpc) is 2.83. The zero-order chi connectivity index (χ0) is 24.7. The van der Waals surface area contributed by atoms with Gasteiger partial charge in [0.2, 0.25) is 5.91 Å². The molecule has 2 heterocycles. The summed E-state index contributed by atoms with van der Waals surface area (Å²) in [6, 6.07) is 19.2. The van der Waals surface area contributed by atoms with Gasteiger partial charge in [-0.2, -0.15) is 0 Å². The van der Waals surface area contributed by atoms with Gasteiger partial charge in [0.15, 0.2) is 0 Å². The summed E-state index contributed by atoms with van der Waals surface area (Å²) in [5, 5.41) is 25.5. The summed E-state index contributed by atoms with van der Waals surface area (Å²) in [6.45, 7) is 1.37. The standard InChI is InChI=1S/C27H19NO7/c1-14(29)28-16-12-10-15(11-13-16)21(22-24(30)17-6-2-4-8-19(17)34-26(22)32)23-25(31)18-7-3-5-9-20(18)35-27(23)33/h2-13,21,30-31H,1H3,(H,28,29). The minimum absolute atomic E-state index is 0.174. The van der Waals surface area contributed by atoms with Crippen molar-refractivity contribution in [2.75, 3.05) is 5.32 Å². The lowest BCUT2D eigenvalue weighted by Gasteiger charge is -2.20. The van der Waals surface area contributed by atoms with Crippen LogP contribution in [0.3, 0.4) is 0 Å². The second kappa shape index (κ2) is 8.49. The van der Waals surface area contributed by atoms with Crippen molar-refractivity contribution in [2.45, 2.75) is 12.8 Å². The maximum absolute atomic E-state index is 13.1. The van der Waals surface area contributed by atoms with E-state index < -0.39 is 17.2 Å². The van der Waals surface area contributed by atoms with Crippen LogP contribution < -0.4 is 16.6 Å². The summed E-state index contributed by atoms with van der Waals surface area (Å²) in [4.78, 5) is 37.7. The van der Waals surface area contributed by atoms with Crippen molar-refractivity contribution in [3.63, 3.8) is 0 Å². The second-order valence-electron chi connectivity index (χ2n) is 8.03. The molecule has 0 unspecified atom stereocenters. The Kier molecular flexibility index (Phi) is 5.33. The highest BCUT2D eigenvalue weighted by Gasteiger charge is 2.32. The number of hydrogen-bond acceptors (Lipinski definition) is 7. The van der Waals surface area contributed by atoms with Crippen molar-refractivity contribution in [2.24, 2.45) is 0 Å². The first kappa shape index (κ1) is 22.0. The molecule has 174 valence electrons.